The van der Waals surface area contributed by atoms with Gasteiger partial charge in [0.1, 0.15) is 11.6 Å². The lowest BCUT2D eigenvalue weighted by atomic mass is 10.1. The van der Waals surface area contributed by atoms with E-state index in [0.717, 1.165) is 6.42 Å². The molecule has 1 atom stereocenters. The molecule has 1 unspecified atom stereocenters. The van der Waals surface area contributed by atoms with Gasteiger partial charge in [0.25, 0.3) is 0 Å². The summed E-state index contributed by atoms with van der Waals surface area (Å²) in [5, 5.41) is 2.90. The summed E-state index contributed by atoms with van der Waals surface area (Å²) in [5.74, 6) is -0.880. The molecule has 0 aliphatic rings. The van der Waals surface area contributed by atoms with E-state index in [-0.39, 0.29) is 17.7 Å². The molecule has 0 bridgehead atoms. The number of rotatable bonds is 4. The maximum Gasteiger partial charge on any atom is 0.451 e. The second-order valence-electron chi connectivity index (χ2n) is 4.67. The van der Waals surface area contributed by atoms with Gasteiger partial charge in [-0.2, -0.15) is 13.2 Å². The molecule has 1 heterocycles. The van der Waals surface area contributed by atoms with E-state index >= 15 is 0 Å². The second kappa shape index (κ2) is 5.41. The van der Waals surface area contributed by atoms with Gasteiger partial charge in [-0.25, -0.2) is 9.97 Å². The molecular weight excluding hydrogens is 245 g/mol. The average Bonchev–Trinajstić information content (AvgIpc) is 2.13. The maximum absolute atomic E-state index is 12.5. The first kappa shape index (κ1) is 14.5. The minimum Gasteiger partial charge on any atom is -0.384 e. The molecule has 4 nitrogen and oxygen atoms in total. The van der Waals surface area contributed by atoms with Crippen molar-refractivity contribution in [3.05, 3.63) is 11.9 Å². The van der Waals surface area contributed by atoms with Crippen LogP contribution in [0.5, 0.6) is 0 Å². The Hall–Kier alpha value is -1.53. The Kier molecular flexibility index (Phi) is 4.37. The van der Waals surface area contributed by atoms with E-state index in [4.69, 9.17) is 5.73 Å². The predicted octanol–water partition coefficient (Wildman–Crippen LogP) is 2.92. The zero-order valence-electron chi connectivity index (χ0n) is 10.5. The molecule has 0 saturated heterocycles. The number of aromatic nitrogens is 2. The molecule has 18 heavy (non-hydrogen) atoms. The number of nitrogens with zero attached hydrogens (tertiary/aromatic N) is 2. The molecule has 3 N–H and O–H groups in total. The molecule has 0 saturated carbocycles. The summed E-state index contributed by atoms with van der Waals surface area (Å²) in [6, 6.07) is 1.31. The molecule has 1 rings (SSSR count). The first-order chi connectivity index (χ1) is 8.18. The highest BCUT2D eigenvalue weighted by molar-refractivity contribution is 5.45. The Morgan fingerprint density at radius 2 is 1.89 bits per heavy atom. The summed E-state index contributed by atoms with van der Waals surface area (Å²) < 4.78 is 37.5. The first-order valence-electron chi connectivity index (χ1n) is 5.66. The van der Waals surface area contributed by atoms with Crippen molar-refractivity contribution in [1.29, 1.82) is 0 Å². The molecule has 0 aliphatic heterocycles. The van der Waals surface area contributed by atoms with Gasteiger partial charge < -0.3 is 11.1 Å². The van der Waals surface area contributed by atoms with Gasteiger partial charge >= 0.3 is 6.18 Å². The number of nitrogens with two attached hydrogens (primary N) is 1. The van der Waals surface area contributed by atoms with Gasteiger partial charge in [0.2, 0.25) is 5.82 Å². The van der Waals surface area contributed by atoms with Crippen LogP contribution in [0.3, 0.4) is 0 Å². The highest BCUT2D eigenvalue weighted by atomic mass is 19.4. The number of hydrogen-bond donors (Lipinski definition) is 2. The van der Waals surface area contributed by atoms with E-state index in [1.807, 2.05) is 20.8 Å². The molecule has 0 radical (unpaired) electrons. The van der Waals surface area contributed by atoms with Crippen molar-refractivity contribution in [1.82, 2.24) is 9.97 Å². The van der Waals surface area contributed by atoms with Gasteiger partial charge in [-0.15, -0.1) is 0 Å². The van der Waals surface area contributed by atoms with Gasteiger partial charge in [0.05, 0.1) is 0 Å². The van der Waals surface area contributed by atoms with Gasteiger partial charge in [-0.1, -0.05) is 13.8 Å². The summed E-state index contributed by atoms with van der Waals surface area (Å²) in [7, 11) is 0. The van der Waals surface area contributed by atoms with Crippen LogP contribution >= 0.6 is 0 Å². The van der Waals surface area contributed by atoms with Crippen LogP contribution in [-0.4, -0.2) is 16.0 Å². The molecule has 0 fully saturated rings. The van der Waals surface area contributed by atoms with E-state index in [1.165, 1.54) is 6.07 Å². The fraction of sp³-hybridized carbons (Fsp3) is 0.636. The smallest absolute Gasteiger partial charge is 0.384 e. The van der Waals surface area contributed by atoms with Gasteiger partial charge in [0.15, 0.2) is 0 Å². The van der Waals surface area contributed by atoms with Gasteiger partial charge in [-0.05, 0) is 19.3 Å². The monoisotopic (exact) mass is 262 g/mol. The highest BCUT2D eigenvalue weighted by Crippen LogP contribution is 2.27. The molecular formula is C11H17F3N4. The number of anilines is 2. The standard InChI is InChI=1S/C11H17F3N4/c1-6(2)4-7(3)16-9-5-8(15)17-10(18-9)11(12,13)14/h5-7H,4H2,1-3H3,(H3,15,16,17,18). The quantitative estimate of drug-likeness (QED) is 0.875. The highest BCUT2D eigenvalue weighted by Gasteiger charge is 2.35. The number of nitrogens with one attached hydrogen (secondary N) is 1. The molecule has 1 aromatic heterocycles. The predicted molar refractivity (Wildman–Crippen MR) is 64.0 cm³/mol. The van der Waals surface area contributed by atoms with Crippen LogP contribution in [0, 0.1) is 5.92 Å². The van der Waals surface area contributed by atoms with Gasteiger partial charge in [0, 0.05) is 12.1 Å². The average molecular weight is 262 g/mol. The third-order valence-electron chi connectivity index (χ3n) is 2.22. The molecule has 0 spiro atoms. The number of nitrogen functional groups attached to an aromatic ring is 1. The molecule has 1 aromatic rings. The maximum atomic E-state index is 12.5. The molecule has 7 heteroatoms. The van der Waals surface area contributed by atoms with Crippen LogP contribution in [-0.2, 0) is 6.18 Å². The Bertz CT molecular complexity index is 404. The number of halogens is 3. The SMILES string of the molecule is CC(C)CC(C)Nc1cc(N)nc(C(F)(F)F)n1. The molecule has 0 aromatic carbocycles. The van der Waals surface area contributed by atoms with Crippen molar-refractivity contribution < 1.29 is 13.2 Å². The van der Waals surface area contributed by atoms with E-state index in [0.29, 0.717) is 5.92 Å². The molecule has 0 amide bonds. The van der Waals surface area contributed by atoms with E-state index in [9.17, 15) is 13.2 Å². The van der Waals surface area contributed by atoms with Crippen molar-refractivity contribution in [3.8, 4) is 0 Å². The zero-order valence-corrected chi connectivity index (χ0v) is 10.5. The Labute approximate surface area is 104 Å². The normalized spacial score (nSPS) is 13.7. The van der Waals surface area contributed by atoms with Crippen molar-refractivity contribution in [2.45, 2.75) is 39.4 Å². The topological polar surface area (TPSA) is 63.8 Å². The second-order valence-corrected chi connectivity index (χ2v) is 4.67. The van der Waals surface area contributed by atoms with E-state index in [2.05, 4.69) is 15.3 Å². The lowest BCUT2D eigenvalue weighted by molar-refractivity contribution is -0.144. The summed E-state index contributed by atoms with van der Waals surface area (Å²) in [4.78, 5) is 6.60. The minimum absolute atomic E-state index is 0.0142. The first-order valence-corrected chi connectivity index (χ1v) is 5.66. The third-order valence-corrected chi connectivity index (χ3v) is 2.22. The summed E-state index contributed by atoms with van der Waals surface area (Å²) in [6.45, 7) is 5.95. The van der Waals surface area contributed by atoms with Crippen LogP contribution in [0.15, 0.2) is 6.07 Å². The Morgan fingerprint density at radius 1 is 1.28 bits per heavy atom. The van der Waals surface area contributed by atoms with Crippen LogP contribution in [0.1, 0.15) is 33.0 Å². The zero-order chi connectivity index (χ0) is 13.9. The van der Waals surface area contributed by atoms with E-state index < -0.39 is 12.0 Å². The van der Waals surface area contributed by atoms with Crippen molar-refractivity contribution in [2.75, 3.05) is 11.1 Å². The lowest BCUT2D eigenvalue weighted by Crippen LogP contribution is -2.20. The Morgan fingerprint density at radius 3 is 2.39 bits per heavy atom. The Balaban J connectivity index is 2.87. The lowest BCUT2D eigenvalue weighted by Gasteiger charge is -2.17. The van der Waals surface area contributed by atoms with E-state index in [1.54, 1.807) is 0 Å². The van der Waals surface area contributed by atoms with Gasteiger partial charge in [-0.3, -0.25) is 0 Å². The number of alkyl halides is 3. The largest absolute Gasteiger partial charge is 0.451 e. The summed E-state index contributed by atoms with van der Waals surface area (Å²) in [5.41, 5.74) is 5.34. The van der Waals surface area contributed by atoms with Crippen molar-refractivity contribution in [2.24, 2.45) is 5.92 Å². The summed E-state index contributed by atoms with van der Waals surface area (Å²) >= 11 is 0. The van der Waals surface area contributed by atoms with Crippen LogP contribution < -0.4 is 11.1 Å². The van der Waals surface area contributed by atoms with Crippen LogP contribution in [0.25, 0.3) is 0 Å². The van der Waals surface area contributed by atoms with Crippen LogP contribution in [0.4, 0.5) is 24.8 Å². The summed E-state index contributed by atoms with van der Waals surface area (Å²) in [6.07, 6.45) is -3.77. The molecule has 0 aliphatic carbocycles. The van der Waals surface area contributed by atoms with Crippen LogP contribution in [0.2, 0.25) is 0 Å². The fourth-order valence-electron chi connectivity index (χ4n) is 1.69. The number of hydrogen-bond acceptors (Lipinski definition) is 4. The molecule has 102 valence electrons. The minimum atomic E-state index is -4.59. The fourth-order valence-corrected chi connectivity index (χ4v) is 1.69. The third kappa shape index (κ3) is 4.38. The van der Waals surface area contributed by atoms with Crippen molar-refractivity contribution >= 4 is 11.6 Å². The van der Waals surface area contributed by atoms with Crippen molar-refractivity contribution in [3.63, 3.8) is 0 Å².